The number of carbonyl (C=O) groups excluding carboxylic acids is 2. The van der Waals surface area contributed by atoms with Crippen LogP contribution in [-0.2, 0) is 16.6 Å². The number of hydrogen-bond donors (Lipinski definition) is 1. The van der Waals surface area contributed by atoms with Gasteiger partial charge in [-0.3, -0.25) is 14.9 Å². The van der Waals surface area contributed by atoms with Crippen LogP contribution in [0.2, 0.25) is 5.02 Å². The zero-order valence-electron chi connectivity index (χ0n) is 17.1. The van der Waals surface area contributed by atoms with E-state index in [9.17, 15) is 22.8 Å². The largest absolute Gasteiger partial charge is 0.573 e. The fourth-order valence-corrected chi connectivity index (χ4v) is 3.62. The maximum absolute atomic E-state index is 13.1. The van der Waals surface area contributed by atoms with Gasteiger partial charge >= 0.3 is 6.36 Å². The number of ether oxygens (including phenoxy) is 2. The maximum Gasteiger partial charge on any atom is 0.573 e. The molecule has 1 aliphatic heterocycles. The normalized spacial score (nSPS) is 14.8. The van der Waals surface area contributed by atoms with Crippen molar-refractivity contribution in [3.05, 3.63) is 22.7 Å². The van der Waals surface area contributed by atoms with E-state index in [1.807, 2.05) is 0 Å². The third-order valence-electron chi connectivity index (χ3n) is 4.82. The molecule has 0 spiro atoms. The zero-order chi connectivity index (χ0) is 23.5. The molecular weight excluding hydrogens is 457 g/mol. The van der Waals surface area contributed by atoms with Crippen LogP contribution in [0, 0.1) is 5.92 Å². The number of hydrogen-bond acceptors (Lipinski definition) is 7. The van der Waals surface area contributed by atoms with Crippen LogP contribution in [0.15, 0.2) is 12.1 Å². The Bertz CT molecular complexity index is 994. The topological polar surface area (TPSA) is 111 Å². The number of aryl methyl sites for hydroxylation is 1. The summed E-state index contributed by atoms with van der Waals surface area (Å²) in [7, 11) is 1.48. The van der Waals surface area contributed by atoms with E-state index in [-0.39, 0.29) is 28.8 Å². The molecule has 1 fully saturated rings. The number of tetrazole rings is 1. The van der Waals surface area contributed by atoms with Crippen LogP contribution in [0.3, 0.4) is 0 Å². The Hall–Kier alpha value is -2.93. The third-order valence-corrected chi connectivity index (χ3v) is 5.20. The van der Waals surface area contributed by atoms with E-state index in [4.69, 9.17) is 16.3 Å². The number of alkyl halides is 3. The predicted molar refractivity (Wildman–Crippen MR) is 106 cm³/mol. The second-order valence-corrected chi connectivity index (χ2v) is 7.25. The smallest absolute Gasteiger partial charge is 0.403 e. The average molecular weight is 477 g/mol. The van der Waals surface area contributed by atoms with Crippen LogP contribution in [0.25, 0.3) is 0 Å². The molecule has 1 aromatic carbocycles. The minimum Gasteiger partial charge on any atom is -0.403 e. The fraction of sp³-hybridized carbons (Fsp3) is 0.500. The molecule has 0 atom stereocenters. The molecule has 2 amide bonds. The Balaban J connectivity index is 2.03. The van der Waals surface area contributed by atoms with Crippen molar-refractivity contribution in [2.24, 2.45) is 13.0 Å². The van der Waals surface area contributed by atoms with Crippen molar-refractivity contribution in [1.29, 1.82) is 0 Å². The SMILES string of the molecule is CCN(C(=O)C1CCOCC1)c1c(OC(F)(F)F)ccc(C(=O)Nc2nnnn2C)c1Cl. The van der Waals surface area contributed by atoms with E-state index in [1.165, 1.54) is 11.7 Å². The number of carbonyl (C=O) groups is 2. The first-order valence-electron chi connectivity index (χ1n) is 9.63. The van der Waals surface area contributed by atoms with Crippen molar-refractivity contribution in [2.45, 2.75) is 26.1 Å². The number of benzene rings is 1. The van der Waals surface area contributed by atoms with Crippen LogP contribution < -0.4 is 15.0 Å². The molecule has 0 bridgehead atoms. The van der Waals surface area contributed by atoms with Crippen LogP contribution in [0.4, 0.5) is 24.8 Å². The van der Waals surface area contributed by atoms with Gasteiger partial charge in [0.1, 0.15) is 5.69 Å². The van der Waals surface area contributed by atoms with Gasteiger partial charge in [0.2, 0.25) is 11.9 Å². The molecule has 1 N–H and O–H groups in total. The number of nitrogens with one attached hydrogen (secondary N) is 1. The molecule has 3 rings (SSSR count). The van der Waals surface area contributed by atoms with Gasteiger partial charge in [0, 0.05) is 32.7 Å². The van der Waals surface area contributed by atoms with Crippen molar-refractivity contribution in [3.8, 4) is 5.75 Å². The Labute approximate surface area is 185 Å². The van der Waals surface area contributed by atoms with E-state index in [2.05, 4.69) is 25.6 Å². The Morgan fingerprint density at radius 3 is 2.59 bits per heavy atom. The molecule has 2 aromatic rings. The lowest BCUT2D eigenvalue weighted by Crippen LogP contribution is -2.39. The highest BCUT2D eigenvalue weighted by atomic mass is 35.5. The fourth-order valence-electron chi connectivity index (χ4n) is 3.27. The van der Waals surface area contributed by atoms with Gasteiger partial charge in [0.05, 0.1) is 10.6 Å². The summed E-state index contributed by atoms with van der Waals surface area (Å²) in [5.41, 5.74) is -0.524. The lowest BCUT2D eigenvalue weighted by Gasteiger charge is -2.30. The molecule has 1 saturated heterocycles. The molecule has 0 radical (unpaired) electrons. The van der Waals surface area contributed by atoms with Crippen molar-refractivity contribution in [1.82, 2.24) is 20.2 Å². The molecular formula is C18H20ClF3N6O4. The summed E-state index contributed by atoms with van der Waals surface area (Å²) in [5, 5.41) is 12.6. The van der Waals surface area contributed by atoms with Crippen molar-refractivity contribution < 1.29 is 32.2 Å². The summed E-state index contributed by atoms with van der Waals surface area (Å²) >= 11 is 6.39. The molecule has 174 valence electrons. The third kappa shape index (κ3) is 5.27. The Morgan fingerprint density at radius 2 is 2.03 bits per heavy atom. The first kappa shape index (κ1) is 23.7. The highest BCUT2D eigenvalue weighted by molar-refractivity contribution is 6.38. The maximum atomic E-state index is 13.1. The molecule has 32 heavy (non-hydrogen) atoms. The first-order chi connectivity index (χ1) is 15.1. The summed E-state index contributed by atoms with van der Waals surface area (Å²) in [5.74, 6) is -2.36. The van der Waals surface area contributed by atoms with Gasteiger partial charge < -0.3 is 14.4 Å². The van der Waals surface area contributed by atoms with Gasteiger partial charge in [0.15, 0.2) is 5.75 Å². The highest BCUT2D eigenvalue weighted by Crippen LogP contribution is 2.42. The summed E-state index contributed by atoms with van der Waals surface area (Å²) in [4.78, 5) is 27.0. The highest BCUT2D eigenvalue weighted by Gasteiger charge is 2.36. The van der Waals surface area contributed by atoms with Gasteiger partial charge in [-0.15, -0.1) is 13.2 Å². The molecule has 10 nitrogen and oxygen atoms in total. The first-order valence-corrected chi connectivity index (χ1v) is 10.0. The Kier molecular flexibility index (Phi) is 7.19. The number of anilines is 2. The van der Waals surface area contributed by atoms with Crippen LogP contribution >= 0.6 is 11.6 Å². The predicted octanol–water partition coefficient (Wildman–Crippen LogP) is 2.79. The minimum absolute atomic E-state index is 0.00239. The number of amides is 2. The van der Waals surface area contributed by atoms with Crippen molar-refractivity contribution >= 4 is 35.1 Å². The van der Waals surface area contributed by atoms with E-state index < -0.39 is 29.8 Å². The summed E-state index contributed by atoms with van der Waals surface area (Å²) in [6.45, 7) is 2.31. The second kappa shape index (κ2) is 9.69. The molecule has 1 aromatic heterocycles. The van der Waals surface area contributed by atoms with E-state index in [0.717, 1.165) is 17.0 Å². The summed E-state index contributed by atoms with van der Waals surface area (Å²) in [6, 6.07) is 2.01. The van der Waals surface area contributed by atoms with Gasteiger partial charge in [-0.25, -0.2) is 4.68 Å². The molecule has 0 aliphatic carbocycles. The molecule has 2 heterocycles. The number of rotatable bonds is 6. The van der Waals surface area contributed by atoms with Crippen LogP contribution in [-0.4, -0.2) is 58.1 Å². The minimum atomic E-state index is -5.03. The monoisotopic (exact) mass is 476 g/mol. The van der Waals surface area contributed by atoms with Gasteiger partial charge in [0.25, 0.3) is 5.91 Å². The molecule has 14 heteroatoms. The molecule has 1 aliphatic rings. The van der Waals surface area contributed by atoms with Crippen molar-refractivity contribution in [3.63, 3.8) is 0 Å². The van der Waals surface area contributed by atoms with E-state index >= 15 is 0 Å². The number of nitrogens with zero attached hydrogens (tertiary/aromatic N) is 5. The summed E-state index contributed by atoms with van der Waals surface area (Å²) < 4.78 is 49.7. The van der Waals surface area contributed by atoms with Crippen LogP contribution in [0.1, 0.15) is 30.1 Å². The second-order valence-electron chi connectivity index (χ2n) is 6.87. The van der Waals surface area contributed by atoms with Gasteiger partial charge in [-0.2, -0.15) is 0 Å². The van der Waals surface area contributed by atoms with Crippen molar-refractivity contribution in [2.75, 3.05) is 30.0 Å². The van der Waals surface area contributed by atoms with E-state index in [1.54, 1.807) is 6.92 Å². The summed E-state index contributed by atoms with van der Waals surface area (Å²) in [6.07, 6.45) is -4.20. The average Bonchev–Trinajstić information content (AvgIpc) is 3.14. The Morgan fingerprint density at radius 1 is 1.34 bits per heavy atom. The quantitative estimate of drug-likeness (QED) is 0.682. The van der Waals surface area contributed by atoms with Gasteiger partial charge in [-0.1, -0.05) is 16.7 Å². The number of aromatic nitrogens is 4. The standard InChI is InChI=1S/C18H20ClF3N6O4/c1-3-28(16(30)10-6-8-31-9-7-10)14-12(32-18(20,21)22)5-4-11(13(14)19)15(29)23-17-24-25-26-27(17)2/h4-5,10H,3,6-9H2,1-2H3,(H,23,24,26,29). The van der Waals surface area contributed by atoms with E-state index in [0.29, 0.717) is 26.1 Å². The van der Waals surface area contributed by atoms with Gasteiger partial charge in [-0.05, 0) is 42.3 Å². The lowest BCUT2D eigenvalue weighted by molar-refractivity contribution is -0.274. The zero-order valence-corrected chi connectivity index (χ0v) is 17.9. The molecule has 0 saturated carbocycles. The van der Waals surface area contributed by atoms with Crippen LogP contribution in [0.5, 0.6) is 5.75 Å². The lowest BCUT2D eigenvalue weighted by atomic mass is 9.98. The molecule has 0 unspecified atom stereocenters. The number of halogens is 4.